The molecule has 1 aliphatic heterocycles. The third-order valence-electron chi connectivity index (χ3n) is 5.88. The van der Waals surface area contributed by atoms with E-state index in [0.717, 1.165) is 0 Å². The molecule has 1 aromatic heterocycles. The zero-order valence-corrected chi connectivity index (χ0v) is 25.6. The van der Waals surface area contributed by atoms with Gasteiger partial charge in [-0.15, -0.1) is 0 Å². The number of methoxy groups -OCH3 is 1. The molecule has 3 aromatic rings. The van der Waals surface area contributed by atoms with Crippen molar-refractivity contribution in [2.45, 2.75) is 33.7 Å². The van der Waals surface area contributed by atoms with Crippen molar-refractivity contribution >= 4 is 45.3 Å². The van der Waals surface area contributed by atoms with Gasteiger partial charge < -0.3 is 23.7 Å². The molecule has 0 aliphatic carbocycles. The van der Waals surface area contributed by atoms with Crippen LogP contribution in [0.4, 0.5) is 0 Å². The number of nitrogens with zero attached hydrogens (tertiary/aromatic N) is 2. The molecule has 0 unspecified atom stereocenters. The van der Waals surface area contributed by atoms with Crippen molar-refractivity contribution in [2.24, 2.45) is 4.99 Å². The normalized spacial score (nSPS) is 14.4. The Morgan fingerprint density at radius 2 is 1.71 bits per heavy atom. The molecule has 0 spiro atoms. The second-order valence-corrected chi connectivity index (χ2v) is 10.5. The highest BCUT2D eigenvalue weighted by Crippen LogP contribution is 2.38. The van der Waals surface area contributed by atoms with E-state index in [-0.39, 0.29) is 16.9 Å². The van der Waals surface area contributed by atoms with Crippen molar-refractivity contribution in [3.8, 4) is 23.0 Å². The van der Waals surface area contributed by atoms with Gasteiger partial charge in [0.1, 0.15) is 0 Å². The van der Waals surface area contributed by atoms with Crippen molar-refractivity contribution in [3.05, 3.63) is 77.4 Å². The van der Waals surface area contributed by atoms with Gasteiger partial charge in [-0.25, -0.2) is 9.79 Å². The number of ether oxygens (including phenoxy) is 5. The summed E-state index contributed by atoms with van der Waals surface area (Å²) < 4.78 is 29.9. The maximum atomic E-state index is 13.9. The molecule has 12 heteroatoms. The second kappa shape index (κ2) is 13.2. The third-order valence-corrected chi connectivity index (χ3v) is 7.47. The molecule has 216 valence electrons. The lowest BCUT2D eigenvalue weighted by Crippen LogP contribution is -2.39. The number of fused-ring (bicyclic) bond motifs is 1. The van der Waals surface area contributed by atoms with Crippen molar-refractivity contribution in [2.75, 3.05) is 26.9 Å². The molecule has 0 saturated heterocycles. The van der Waals surface area contributed by atoms with E-state index >= 15 is 0 Å². The standard InChI is InChI=1S/C29H29BrN2O8S/c1-6-37-21-10-9-18(14-22(21)38-7-2)25-19(28(35)36-5)15-31-29-32(25)27(34)24(41-29)13-17-11-20(30)26(40-16(4)33)23(12-17)39-8-3/h9-15,25H,6-8H2,1-5H3/b24-13+/t25-/m0/s1. The van der Waals surface area contributed by atoms with Crippen LogP contribution in [0.5, 0.6) is 23.0 Å². The van der Waals surface area contributed by atoms with Crippen LogP contribution >= 0.6 is 27.3 Å². The van der Waals surface area contributed by atoms with Gasteiger partial charge in [-0.1, -0.05) is 17.4 Å². The number of benzene rings is 2. The fourth-order valence-electron chi connectivity index (χ4n) is 4.32. The van der Waals surface area contributed by atoms with Crippen LogP contribution in [0.15, 0.2) is 56.4 Å². The summed E-state index contributed by atoms with van der Waals surface area (Å²) in [5.41, 5.74) is 1.11. The SMILES string of the molecule is CCOc1ccc([C@H]2C(C(=O)OC)=CN=c3s/c(=C/c4cc(Br)c(OC(C)=O)c(OCC)c4)c(=O)n32)cc1OCC. The Balaban J connectivity index is 1.89. The van der Waals surface area contributed by atoms with Crippen LogP contribution < -0.4 is 33.8 Å². The Morgan fingerprint density at radius 3 is 2.37 bits per heavy atom. The average molecular weight is 646 g/mol. The number of carbonyl (C=O) groups excluding carboxylic acids is 2. The number of aromatic nitrogens is 1. The van der Waals surface area contributed by atoms with E-state index in [1.165, 1.54) is 36.1 Å². The van der Waals surface area contributed by atoms with Gasteiger partial charge in [0.05, 0.1) is 47.6 Å². The van der Waals surface area contributed by atoms with Crippen molar-refractivity contribution in [3.63, 3.8) is 0 Å². The molecule has 1 aliphatic rings. The lowest BCUT2D eigenvalue weighted by molar-refractivity contribution is -0.136. The molecule has 0 N–H and O–H groups in total. The van der Waals surface area contributed by atoms with E-state index in [1.807, 2.05) is 20.8 Å². The summed E-state index contributed by atoms with van der Waals surface area (Å²) >= 11 is 4.61. The van der Waals surface area contributed by atoms with E-state index in [9.17, 15) is 14.4 Å². The van der Waals surface area contributed by atoms with Crippen LogP contribution in [-0.4, -0.2) is 43.4 Å². The highest BCUT2D eigenvalue weighted by molar-refractivity contribution is 9.10. The molecule has 0 radical (unpaired) electrons. The van der Waals surface area contributed by atoms with E-state index in [0.29, 0.717) is 62.0 Å². The first-order chi connectivity index (χ1) is 19.7. The van der Waals surface area contributed by atoms with Gasteiger partial charge in [0.25, 0.3) is 5.56 Å². The predicted octanol–water partition coefficient (Wildman–Crippen LogP) is 3.90. The van der Waals surface area contributed by atoms with Crippen LogP contribution in [0.1, 0.15) is 44.9 Å². The first-order valence-electron chi connectivity index (χ1n) is 12.9. The van der Waals surface area contributed by atoms with Crippen molar-refractivity contribution in [1.82, 2.24) is 4.57 Å². The summed E-state index contributed by atoms with van der Waals surface area (Å²) in [6.07, 6.45) is 3.12. The van der Waals surface area contributed by atoms with Gasteiger partial charge in [-0.05, 0) is 78.2 Å². The first-order valence-corrected chi connectivity index (χ1v) is 14.5. The van der Waals surface area contributed by atoms with Crippen molar-refractivity contribution < 1.29 is 33.3 Å². The van der Waals surface area contributed by atoms with Crippen LogP contribution in [0.25, 0.3) is 6.08 Å². The Bertz CT molecular complexity index is 1690. The zero-order chi connectivity index (χ0) is 29.7. The number of thiazole rings is 1. The molecule has 41 heavy (non-hydrogen) atoms. The fraction of sp³-hybridized carbons (Fsp3) is 0.310. The van der Waals surface area contributed by atoms with Crippen LogP contribution in [0, 0.1) is 0 Å². The summed E-state index contributed by atoms with van der Waals surface area (Å²) in [5, 5.41) is 0. The Hall–Kier alpha value is -3.90. The van der Waals surface area contributed by atoms with Gasteiger partial charge in [0, 0.05) is 13.1 Å². The van der Waals surface area contributed by atoms with E-state index < -0.39 is 18.0 Å². The minimum absolute atomic E-state index is 0.199. The lowest BCUT2D eigenvalue weighted by atomic mass is 9.97. The highest BCUT2D eigenvalue weighted by atomic mass is 79.9. The van der Waals surface area contributed by atoms with E-state index in [2.05, 4.69) is 20.9 Å². The summed E-state index contributed by atoms with van der Waals surface area (Å²) in [6.45, 7) is 8.05. The minimum atomic E-state index is -0.812. The Morgan fingerprint density at radius 1 is 1.02 bits per heavy atom. The third kappa shape index (κ3) is 6.38. The molecular weight excluding hydrogens is 616 g/mol. The topological polar surface area (TPSA) is 115 Å². The number of rotatable bonds is 10. The average Bonchev–Trinajstić information content (AvgIpc) is 3.25. The van der Waals surface area contributed by atoms with E-state index in [1.54, 1.807) is 36.4 Å². The van der Waals surface area contributed by atoms with Gasteiger partial charge in [-0.3, -0.25) is 14.2 Å². The van der Waals surface area contributed by atoms with Crippen LogP contribution in [0.3, 0.4) is 0 Å². The van der Waals surface area contributed by atoms with Crippen molar-refractivity contribution in [1.29, 1.82) is 0 Å². The predicted molar refractivity (Wildman–Crippen MR) is 157 cm³/mol. The molecule has 0 saturated carbocycles. The molecule has 0 bridgehead atoms. The van der Waals surface area contributed by atoms with Gasteiger partial charge in [0.2, 0.25) is 0 Å². The van der Waals surface area contributed by atoms with Gasteiger partial charge in [-0.2, -0.15) is 0 Å². The summed E-state index contributed by atoms with van der Waals surface area (Å²) in [5.74, 6) is 0.557. The molecule has 4 rings (SSSR count). The number of esters is 2. The molecule has 0 fully saturated rings. The smallest absolute Gasteiger partial charge is 0.337 e. The van der Waals surface area contributed by atoms with E-state index in [4.69, 9.17) is 23.7 Å². The molecular formula is C29H29BrN2O8S. The summed E-state index contributed by atoms with van der Waals surface area (Å²) in [4.78, 5) is 43.1. The maximum Gasteiger partial charge on any atom is 0.337 e. The summed E-state index contributed by atoms with van der Waals surface area (Å²) in [7, 11) is 1.28. The zero-order valence-electron chi connectivity index (χ0n) is 23.2. The van der Waals surface area contributed by atoms with Gasteiger partial charge in [0.15, 0.2) is 27.8 Å². The number of hydrogen-bond acceptors (Lipinski definition) is 10. The molecule has 2 heterocycles. The second-order valence-electron chi connectivity index (χ2n) is 8.60. The fourth-order valence-corrected chi connectivity index (χ4v) is 5.83. The number of hydrogen-bond donors (Lipinski definition) is 0. The van der Waals surface area contributed by atoms with Crippen LogP contribution in [-0.2, 0) is 14.3 Å². The van der Waals surface area contributed by atoms with Crippen LogP contribution in [0.2, 0.25) is 0 Å². The lowest BCUT2D eigenvalue weighted by Gasteiger charge is -2.23. The van der Waals surface area contributed by atoms with Gasteiger partial charge >= 0.3 is 11.9 Å². The summed E-state index contributed by atoms with van der Waals surface area (Å²) in [6, 6.07) is 7.90. The largest absolute Gasteiger partial charge is 0.490 e. The molecule has 10 nitrogen and oxygen atoms in total. The Labute approximate surface area is 248 Å². The first kappa shape index (κ1) is 30.1. The molecule has 2 aromatic carbocycles. The Kier molecular flexibility index (Phi) is 9.66. The molecule has 0 amide bonds. The highest BCUT2D eigenvalue weighted by Gasteiger charge is 2.31. The maximum absolute atomic E-state index is 13.9. The monoisotopic (exact) mass is 644 g/mol. The number of halogens is 1. The number of carbonyl (C=O) groups is 2. The quantitative estimate of drug-likeness (QED) is 0.241. The minimum Gasteiger partial charge on any atom is -0.490 e. The molecule has 1 atom stereocenters.